The van der Waals surface area contributed by atoms with Gasteiger partial charge >= 0.3 is 0 Å². The molecule has 0 atom stereocenters. The molecule has 1 aliphatic heterocycles. The highest BCUT2D eigenvalue weighted by molar-refractivity contribution is 5.27. The second-order valence-electron chi connectivity index (χ2n) is 8.41. The zero-order chi connectivity index (χ0) is 16.9. The van der Waals surface area contributed by atoms with Crippen LogP contribution in [0.5, 0.6) is 5.88 Å². The maximum atomic E-state index is 5.99. The van der Waals surface area contributed by atoms with Gasteiger partial charge in [0.1, 0.15) is 6.10 Å². The summed E-state index contributed by atoms with van der Waals surface area (Å²) >= 11 is 0. The fourth-order valence-electron chi connectivity index (χ4n) is 4.60. The van der Waals surface area contributed by atoms with E-state index in [-0.39, 0.29) is 0 Å². The Morgan fingerprint density at radius 3 is 2.60 bits per heavy atom. The van der Waals surface area contributed by atoms with Gasteiger partial charge in [-0.2, -0.15) is 0 Å². The first-order valence-corrected chi connectivity index (χ1v) is 10.7. The topological polar surface area (TPSA) is 25.4 Å². The van der Waals surface area contributed by atoms with E-state index in [1.807, 2.05) is 0 Å². The summed E-state index contributed by atoms with van der Waals surface area (Å²) in [6.45, 7) is 3.74. The van der Waals surface area contributed by atoms with Crippen molar-refractivity contribution in [1.82, 2.24) is 9.88 Å². The predicted octanol–water partition coefficient (Wildman–Crippen LogP) is 4.77. The van der Waals surface area contributed by atoms with Gasteiger partial charge in [0.05, 0.1) is 0 Å². The van der Waals surface area contributed by atoms with E-state index in [1.165, 1.54) is 95.1 Å². The van der Waals surface area contributed by atoms with Crippen LogP contribution in [0.4, 0.5) is 0 Å². The highest BCUT2D eigenvalue weighted by atomic mass is 16.5. The van der Waals surface area contributed by atoms with Crippen LogP contribution in [0.3, 0.4) is 0 Å². The standard InChI is InChI=1S/C22H34N2O/c1-2-6-18(7-3-1)13-16-24-15-5-10-21-19(14-17-24)11-12-22(23-21)25-20-8-4-9-20/h11-12,18,20H,1-10,13-17H2. The Morgan fingerprint density at radius 1 is 0.920 bits per heavy atom. The summed E-state index contributed by atoms with van der Waals surface area (Å²) in [5, 5.41) is 0. The van der Waals surface area contributed by atoms with Gasteiger partial charge in [-0.25, -0.2) is 4.98 Å². The second-order valence-corrected chi connectivity index (χ2v) is 8.41. The van der Waals surface area contributed by atoms with Crippen molar-refractivity contribution in [3.05, 3.63) is 23.4 Å². The molecular formula is C22H34N2O. The minimum absolute atomic E-state index is 0.425. The monoisotopic (exact) mass is 342 g/mol. The number of aromatic nitrogens is 1. The van der Waals surface area contributed by atoms with Gasteiger partial charge in [-0.05, 0) is 69.5 Å². The molecule has 0 bridgehead atoms. The van der Waals surface area contributed by atoms with E-state index in [1.54, 1.807) is 0 Å². The third-order valence-corrected chi connectivity index (χ3v) is 6.55. The zero-order valence-electron chi connectivity index (χ0n) is 15.7. The molecule has 0 saturated heterocycles. The summed E-state index contributed by atoms with van der Waals surface area (Å²) in [5.74, 6) is 1.86. The Hall–Kier alpha value is -1.09. The van der Waals surface area contributed by atoms with Gasteiger partial charge in [0, 0.05) is 18.3 Å². The molecule has 2 aliphatic carbocycles. The molecule has 0 amide bonds. The lowest BCUT2D eigenvalue weighted by molar-refractivity contribution is 0.114. The first-order chi connectivity index (χ1) is 12.4. The maximum absolute atomic E-state index is 5.99. The van der Waals surface area contributed by atoms with E-state index >= 15 is 0 Å². The van der Waals surface area contributed by atoms with Gasteiger partial charge in [0.25, 0.3) is 0 Å². The minimum Gasteiger partial charge on any atom is -0.474 e. The molecule has 3 nitrogen and oxygen atoms in total. The lowest BCUT2D eigenvalue weighted by atomic mass is 9.87. The molecule has 138 valence electrons. The first kappa shape index (κ1) is 17.3. The Labute approximate surface area is 153 Å². The molecule has 1 aromatic rings. The molecule has 0 unspecified atom stereocenters. The second kappa shape index (κ2) is 8.53. The normalized spacial score (nSPS) is 23.4. The number of rotatable bonds is 5. The number of aryl methyl sites for hydroxylation is 1. The lowest BCUT2D eigenvalue weighted by Crippen LogP contribution is -2.32. The predicted molar refractivity (Wildman–Crippen MR) is 102 cm³/mol. The molecular weight excluding hydrogens is 308 g/mol. The number of pyridine rings is 1. The van der Waals surface area contributed by atoms with Crippen LogP contribution < -0.4 is 4.74 Å². The fraction of sp³-hybridized carbons (Fsp3) is 0.773. The Morgan fingerprint density at radius 2 is 1.80 bits per heavy atom. The van der Waals surface area contributed by atoms with E-state index < -0.39 is 0 Å². The maximum Gasteiger partial charge on any atom is 0.213 e. The molecule has 3 aliphatic rings. The fourth-order valence-corrected chi connectivity index (χ4v) is 4.60. The SMILES string of the molecule is c1cc2c(nc1OC1CCC1)CCCN(CCC1CCCCC1)CC2. The Kier molecular flexibility index (Phi) is 5.91. The summed E-state index contributed by atoms with van der Waals surface area (Å²) in [5.41, 5.74) is 2.74. The van der Waals surface area contributed by atoms with Crippen molar-refractivity contribution in [3.8, 4) is 5.88 Å². The van der Waals surface area contributed by atoms with Crippen LogP contribution in [-0.4, -0.2) is 35.6 Å². The quantitative estimate of drug-likeness (QED) is 0.770. The van der Waals surface area contributed by atoms with Gasteiger partial charge in [-0.1, -0.05) is 38.2 Å². The molecule has 25 heavy (non-hydrogen) atoms. The van der Waals surface area contributed by atoms with Crippen molar-refractivity contribution < 1.29 is 4.74 Å². The zero-order valence-corrected chi connectivity index (χ0v) is 15.7. The summed E-state index contributed by atoms with van der Waals surface area (Å²) in [6, 6.07) is 4.38. The summed E-state index contributed by atoms with van der Waals surface area (Å²) in [7, 11) is 0. The highest BCUT2D eigenvalue weighted by Gasteiger charge is 2.21. The van der Waals surface area contributed by atoms with Crippen molar-refractivity contribution in [2.45, 2.75) is 83.2 Å². The first-order valence-electron chi connectivity index (χ1n) is 10.7. The Balaban J connectivity index is 1.29. The number of fused-ring (bicyclic) bond motifs is 1. The minimum atomic E-state index is 0.425. The van der Waals surface area contributed by atoms with Crippen LogP contribution in [-0.2, 0) is 12.8 Å². The smallest absolute Gasteiger partial charge is 0.213 e. The molecule has 2 fully saturated rings. The molecule has 2 saturated carbocycles. The van der Waals surface area contributed by atoms with Crippen LogP contribution in [0.1, 0.15) is 75.5 Å². The van der Waals surface area contributed by atoms with E-state index in [0.717, 1.165) is 24.6 Å². The van der Waals surface area contributed by atoms with Crippen LogP contribution in [0, 0.1) is 5.92 Å². The van der Waals surface area contributed by atoms with Crippen molar-refractivity contribution in [2.24, 2.45) is 5.92 Å². The van der Waals surface area contributed by atoms with Gasteiger partial charge in [0.15, 0.2) is 0 Å². The molecule has 0 N–H and O–H groups in total. The highest BCUT2D eigenvalue weighted by Crippen LogP contribution is 2.28. The molecule has 2 heterocycles. The van der Waals surface area contributed by atoms with Crippen LogP contribution in [0.25, 0.3) is 0 Å². The average Bonchev–Trinajstić information content (AvgIpc) is 2.59. The summed E-state index contributed by atoms with van der Waals surface area (Å²) < 4.78 is 5.99. The van der Waals surface area contributed by atoms with Crippen LogP contribution >= 0.6 is 0 Å². The number of nitrogens with zero attached hydrogens (tertiary/aromatic N) is 2. The average molecular weight is 343 g/mol. The van der Waals surface area contributed by atoms with Gasteiger partial charge in [-0.15, -0.1) is 0 Å². The molecule has 0 radical (unpaired) electrons. The summed E-state index contributed by atoms with van der Waals surface area (Å²) in [6.07, 6.45) is 16.4. The van der Waals surface area contributed by atoms with E-state index in [0.29, 0.717) is 6.10 Å². The molecule has 3 heteroatoms. The van der Waals surface area contributed by atoms with E-state index in [2.05, 4.69) is 17.0 Å². The van der Waals surface area contributed by atoms with Crippen LogP contribution in [0.2, 0.25) is 0 Å². The van der Waals surface area contributed by atoms with Crippen molar-refractivity contribution >= 4 is 0 Å². The van der Waals surface area contributed by atoms with Crippen molar-refractivity contribution in [3.63, 3.8) is 0 Å². The van der Waals surface area contributed by atoms with Crippen molar-refractivity contribution in [1.29, 1.82) is 0 Å². The van der Waals surface area contributed by atoms with E-state index in [4.69, 9.17) is 9.72 Å². The largest absolute Gasteiger partial charge is 0.474 e. The van der Waals surface area contributed by atoms with Gasteiger partial charge in [0.2, 0.25) is 5.88 Å². The third kappa shape index (κ3) is 4.75. The molecule has 0 spiro atoms. The third-order valence-electron chi connectivity index (χ3n) is 6.55. The molecule has 0 aromatic carbocycles. The molecule has 4 rings (SSSR count). The van der Waals surface area contributed by atoms with Gasteiger partial charge in [-0.3, -0.25) is 0 Å². The number of ether oxygens (including phenoxy) is 1. The lowest BCUT2D eigenvalue weighted by Gasteiger charge is -2.29. The number of hydrogen-bond donors (Lipinski definition) is 0. The van der Waals surface area contributed by atoms with Crippen LogP contribution in [0.15, 0.2) is 12.1 Å². The Bertz CT molecular complexity index is 549. The number of hydrogen-bond acceptors (Lipinski definition) is 3. The van der Waals surface area contributed by atoms with E-state index in [9.17, 15) is 0 Å². The van der Waals surface area contributed by atoms with Gasteiger partial charge < -0.3 is 9.64 Å². The molecule has 1 aromatic heterocycles. The van der Waals surface area contributed by atoms with Crippen molar-refractivity contribution in [2.75, 3.05) is 19.6 Å². The summed E-state index contributed by atoms with van der Waals surface area (Å²) in [4.78, 5) is 7.55.